The molecule has 1 aromatic rings. The van der Waals surface area contributed by atoms with Gasteiger partial charge in [-0.3, -0.25) is 0 Å². The Labute approximate surface area is 109 Å². The highest BCUT2D eigenvalue weighted by atomic mass is 32.2. The van der Waals surface area contributed by atoms with E-state index in [9.17, 15) is 0 Å². The zero-order chi connectivity index (χ0) is 11.9. The van der Waals surface area contributed by atoms with Crippen molar-refractivity contribution in [3.8, 4) is 0 Å². The van der Waals surface area contributed by atoms with E-state index in [0.717, 1.165) is 32.1 Å². The maximum atomic E-state index is 3.51. The first kappa shape index (κ1) is 12.9. The Bertz CT molecular complexity index is 319. The van der Waals surface area contributed by atoms with Gasteiger partial charge in [0.25, 0.3) is 0 Å². The van der Waals surface area contributed by atoms with Gasteiger partial charge in [-0.2, -0.15) is 0 Å². The first-order chi connectivity index (χ1) is 8.38. The Morgan fingerprint density at radius 2 is 1.88 bits per heavy atom. The van der Waals surface area contributed by atoms with Crippen LogP contribution in [0, 0.1) is 0 Å². The molecule has 0 saturated heterocycles. The Kier molecular flexibility index (Phi) is 5.36. The highest BCUT2D eigenvalue weighted by Crippen LogP contribution is 2.17. The maximum absolute atomic E-state index is 3.51. The smallest absolute Gasteiger partial charge is 0.00793 e. The van der Waals surface area contributed by atoms with Gasteiger partial charge < -0.3 is 10.6 Å². The van der Waals surface area contributed by atoms with Crippen LogP contribution in [0.25, 0.3) is 0 Å². The zero-order valence-corrected chi connectivity index (χ0v) is 11.4. The normalized spacial score (nSPS) is 15.1. The summed E-state index contributed by atoms with van der Waals surface area (Å²) in [5.74, 6) is 0. The first-order valence-electron chi connectivity index (χ1n) is 6.45. The maximum Gasteiger partial charge on any atom is 0.00793 e. The van der Waals surface area contributed by atoms with Crippen molar-refractivity contribution in [2.45, 2.75) is 30.2 Å². The largest absolute Gasteiger partial charge is 0.315 e. The van der Waals surface area contributed by atoms with Gasteiger partial charge in [-0.25, -0.2) is 0 Å². The van der Waals surface area contributed by atoms with Crippen molar-refractivity contribution in [2.75, 3.05) is 25.9 Å². The van der Waals surface area contributed by atoms with Gasteiger partial charge in [-0.15, -0.1) is 11.8 Å². The fourth-order valence-corrected chi connectivity index (χ4v) is 2.21. The summed E-state index contributed by atoms with van der Waals surface area (Å²) in [4.78, 5) is 1.34. The summed E-state index contributed by atoms with van der Waals surface area (Å²) in [6.07, 6.45) is 5.99. The lowest BCUT2D eigenvalue weighted by Gasteiger charge is -2.06. The lowest BCUT2D eigenvalue weighted by atomic mass is 10.1. The van der Waals surface area contributed by atoms with Crippen LogP contribution in [0.1, 0.15) is 18.4 Å². The standard InChI is InChI=1S/C14H22N2S/c1-17-14-6-2-12(3-7-14)8-9-15-10-11-16-13-4-5-13/h2-3,6-7,13,15-16H,4-5,8-11H2,1H3. The molecule has 0 aromatic heterocycles. The molecule has 0 aliphatic heterocycles. The molecule has 0 heterocycles. The molecule has 2 nitrogen and oxygen atoms in total. The summed E-state index contributed by atoms with van der Waals surface area (Å²) in [6.45, 7) is 3.26. The van der Waals surface area contributed by atoms with Crippen molar-refractivity contribution in [1.82, 2.24) is 10.6 Å². The summed E-state index contributed by atoms with van der Waals surface area (Å²) in [6, 6.07) is 9.70. The van der Waals surface area contributed by atoms with Gasteiger partial charge in [0.05, 0.1) is 0 Å². The number of thioether (sulfide) groups is 1. The van der Waals surface area contributed by atoms with Crippen molar-refractivity contribution in [2.24, 2.45) is 0 Å². The highest BCUT2D eigenvalue weighted by Gasteiger charge is 2.19. The molecular formula is C14H22N2S. The van der Waals surface area contributed by atoms with Gasteiger partial charge in [0.1, 0.15) is 0 Å². The first-order valence-corrected chi connectivity index (χ1v) is 7.68. The second-order valence-electron chi connectivity index (χ2n) is 4.58. The Morgan fingerprint density at radius 1 is 1.12 bits per heavy atom. The topological polar surface area (TPSA) is 24.1 Å². The zero-order valence-electron chi connectivity index (χ0n) is 10.5. The number of hydrogen-bond donors (Lipinski definition) is 2. The fourth-order valence-electron chi connectivity index (χ4n) is 1.80. The fraction of sp³-hybridized carbons (Fsp3) is 0.571. The summed E-state index contributed by atoms with van der Waals surface area (Å²) in [5.41, 5.74) is 1.42. The third-order valence-corrected chi connectivity index (χ3v) is 3.81. The molecule has 1 aliphatic carbocycles. The molecule has 2 rings (SSSR count). The second kappa shape index (κ2) is 7.04. The molecule has 0 bridgehead atoms. The lowest BCUT2D eigenvalue weighted by molar-refractivity contribution is 0.609. The Balaban J connectivity index is 1.53. The lowest BCUT2D eigenvalue weighted by Crippen LogP contribution is -2.29. The number of rotatable bonds is 8. The molecule has 1 fully saturated rings. The molecule has 94 valence electrons. The minimum Gasteiger partial charge on any atom is -0.315 e. The summed E-state index contributed by atoms with van der Waals surface area (Å²) in [5, 5.41) is 6.98. The van der Waals surface area contributed by atoms with E-state index in [2.05, 4.69) is 41.2 Å². The summed E-state index contributed by atoms with van der Waals surface area (Å²) >= 11 is 1.80. The van der Waals surface area contributed by atoms with Gasteiger partial charge >= 0.3 is 0 Å². The minimum atomic E-state index is 0.830. The van der Waals surface area contributed by atoms with Crippen LogP contribution in [0.4, 0.5) is 0 Å². The van der Waals surface area contributed by atoms with Crippen LogP contribution in [0.15, 0.2) is 29.2 Å². The average molecular weight is 250 g/mol. The van der Waals surface area contributed by atoms with E-state index in [1.807, 2.05) is 0 Å². The van der Waals surface area contributed by atoms with Gasteiger partial charge in [-0.1, -0.05) is 12.1 Å². The number of nitrogens with one attached hydrogen (secondary N) is 2. The number of benzene rings is 1. The molecule has 0 amide bonds. The molecule has 3 heteroatoms. The van der Waals surface area contributed by atoms with Crippen molar-refractivity contribution in [3.05, 3.63) is 29.8 Å². The van der Waals surface area contributed by atoms with Crippen molar-refractivity contribution in [1.29, 1.82) is 0 Å². The number of hydrogen-bond acceptors (Lipinski definition) is 3. The Morgan fingerprint density at radius 3 is 2.53 bits per heavy atom. The van der Waals surface area contributed by atoms with E-state index in [0.29, 0.717) is 0 Å². The van der Waals surface area contributed by atoms with Gasteiger partial charge in [-0.05, 0) is 49.8 Å². The van der Waals surface area contributed by atoms with Gasteiger partial charge in [0, 0.05) is 24.0 Å². The van der Waals surface area contributed by atoms with Crippen LogP contribution in [0.2, 0.25) is 0 Å². The molecule has 0 atom stereocenters. The van der Waals surface area contributed by atoms with Gasteiger partial charge in [0.15, 0.2) is 0 Å². The predicted octanol–water partition coefficient (Wildman–Crippen LogP) is 2.29. The van der Waals surface area contributed by atoms with E-state index < -0.39 is 0 Å². The van der Waals surface area contributed by atoms with E-state index in [1.165, 1.54) is 23.3 Å². The third kappa shape index (κ3) is 5.11. The van der Waals surface area contributed by atoms with Crippen molar-refractivity contribution in [3.63, 3.8) is 0 Å². The molecule has 0 spiro atoms. The van der Waals surface area contributed by atoms with Crippen LogP contribution < -0.4 is 10.6 Å². The monoisotopic (exact) mass is 250 g/mol. The third-order valence-electron chi connectivity index (χ3n) is 3.06. The van der Waals surface area contributed by atoms with Crippen LogP contribution in [-0.2, 0) is 6.42 Å². The molecule has 17 heavy (non-hydrogen) atoms. The van der Waals surface area contributed by atoms with Crippen LogP contribution in [0.5, 0.6) is 0 Å². The quantitative estimate of drug-likeness (QED) is 0.547. The highest BCUT2D eigenvalue weighted by molar-refractivity contribution is 7.98. The van der Waals surface area contributed by atoms with E-state index in [1.54, 1.807) is 11.8 Å². The molecule has 0 radical (unpaired) electrons. The molecule has 1 aliphatic rings. The van der Waals surface area contributed by atoms with Crippen LogP contribution in [-0.4, -0.2) is 31.9 Å². The summed E-state index contributed by atoms with van der Waals surface area (Å²) in [7, 11) is 0. The van der Waals surface area contributed by atoms with Crippen molar-refractivity contribution < 1.29 is 0 Å². The molecule has 0 unspecified atom stereocenters. The summed E-state index contributed by atoms with van der Waals surface area (Å²) < 4.78 is 0. The SMILES string of the molecule is CSc1ccc(CCNCCNC2CC2)cc1. The molecule has 2 N–H and O–H groups in total. The van der Waals surface area contributed by atoms with Crippen molar-refractivity contribution >= 4 is 11.8 Å². The van der Waals surface area contributed by atoms with Crippen LogP contribution >= 0.6 is 11.8 Å². The molecule has 1 saturated carbocycles. The van der Waals surface area contributed by atoms with Crippen LogP contribution in [0.3, 0.4) is 0 Å². The molecule has 1 aromatic carbocycles. The average Bonchev–Trinajstić information content (AvgIpc) is 3.18. The second-order valence-corrected chi connectivity index (χ2v) is 5.46. The minimum absolute atomic E-state index is 0.830. The van der Waals surface area contributed by atoms with E-state index in [4.69, 9.17) is 0 Å². The van der Waals surface area contributed by atoms with E-state index in [-0.39, 0.29) is 0 Å². The van der Waals surface area contributed by atoms with E-state index >= 15 is 0 Å². The van der Waals surface area contributed by atoms with Gasteiger partial charge in [0.2, 0.25) is 0 Å². The predicted molar refractivity (Wildman–Crippen MR) is 75.8 cm³/mol. The molecular weight excluding hydrogens is 228 g/mol. The Hall–Kier alpha value is -0.510.